The van der Waals surface area contributed by atoms with E-state index in [4.69, 9.17) is 4.74 Å². The van der Waals surface area contributed by atoms with Crippen molar-refractivity contribution in [2.45, 2.75) is 19.0 Å². The highest BCUT2D eigenvalue weighted by atomic mass is 19.4. The summed E-state index contributed by atoms with van der Waals surface area (Å²) < 4.78 is 84.7. The Morgan fingerprint density at radius 1 is 0.885 bits per heavy atom. The number of ether oxygens (including phenoxy) is 1. The van der Waals surface area contributed by atoms with Gasteiger partial charge in [0.15, 0.2) is 0 Å². The van der Waals surface area contributed by atoms with Crippen LogP contribution in [0.25, 0.3) is 10.8 Å². The Hall–Kier alpha value is -2.64. The fourth-order valence-corrected chi connectivity index (χ4v) is 2.66. The maximum Gasteiger partial charge on any atom is 0.416 e. The number of rotatable bonds is 3. The van der Waals surface area contributed by atoms with Gasteiger partial charge < -0.3 is 9.30 Å². The molecule has 1 heterocycles. The molecule has 2 aromatic carbocycles. The molecule has 0 unspecified atom stereocenters. The van der Waals surface area contributed by atoms with Crippen molar-refractivity contribution in [2.75, 3.05) is 0 Å². The van der Waals surface area contributed by atoms with Gasteiger partial charge in [0.2, 0.25) is 0 Å². The molecule has 1 aromatic heterocycles. The number of aryl methyl sites for hydroxylation is 1. The molecule has 0 radical (unpaired) electrons. The Balaban J connectivity index is 1.93. The lowest BCUT2D eigenvalue weighted by Crippen LogP contribution is -2.12. The first-order valence-corrected chi connectivity index (χ1v) is 7.50. The molecule has 0 saturated carbocycles. The number of aromatic nitrogens is 1. The van der Waals surface area contributed by atoms with E-state index in [1.807, 2.05) is 12.3 Å². The van der Waals surface area contributed by atoms with Crippen molar-refractivity contribution in [3.8, 4) is 5.75 Å². The molecule has 0 aliphatic rings. The number of nitrogens with zero attached hydrogens (tertiary/aromatic N) is 1. The first kappa shape index (κ1) is 18.2. The SMILES string of the molecule is Cn1cc2cccc(OCc3cc(C(F)(F)F)cc(C(F)(F)F)c3)c2c1. The van der Waals surface area contributed by atoms with Crippen LogP contribution in [0.15, 0.2) is 48.8 Å². The summed E-state index contributed by atoms with van der Waals surface area (Å²) in [5, 5.41) is 1.57. The van der Waals surface area contributed by atoms with Crippen molar-refractivity contribution >= 4 is 10.8 Å². The summed E-state index contributed by atoms with van der Waals surface area (Å²) in [4.78, 5) is 0. The standard InChI is InChI=1S/C18H13F6NO/c1-25-8-12-3-2-4-16(15(12)9-25)26-10-11-5-13(17(19,20)21)7-14(6-11)18(22,23)24/h2-9H,10H2,1H3. The zero-order chi connectivity index (χ0) is 19.1. The quantitative estimate of drug-likeness (QED) is 0.530. The number of benzene rings is 2. The number of hydrogen-bond donors (Lipinski definition) is 0. The Kier molecular flexibility index (Phi) is 4.37. The Morgan fingerprint density at radius 3 is 2.08 bits per heavy atom. The lowest BCUT2D eigenvalue weighted by atomic mass is 10.1. The van der Waals surface area contributed by atoms with E-state index in [-0.39, 0.29) is 11.6 Å². The monoisotopic (exact) mass is 373 g/mol. The van der Waals surface area contributed by atoms with Crippen LogP contribution in [0, 0.1) is 0 Å². The fourth-order valence-electron chi connectivity index (χ4n) is 2.66. The van der Waals surface area contributed by atoms with Gasteiger partial charge >= 0.3 is 12.4 Å². The highest BCUT2D eigenvalue weighted by Crippen LogP contribution is 2.36. The van der Waals surface area contributed by atoms with E-state index in [0.717, 1.165) is 10.8 Å². The Morgan fingerprint density at radius 2 is 1.50 bits per heavy atom. The Bertz CT molecular complexity index is 907. The molecule has 0 aliphatic carbocycles. The van der Waals surface area contributed by atoms with Crippen LogP contribution in [0.1, 0.15) is 16.7 Å². The second kappa shape index (κ2) is 6.26. The third-order valence-electron chi connectivity index (χ3n) is 3.82. The maximum atomic E-state index is 12.9. The number of fused-ring (bicyclic) bond motifs is 1. The third kappa shape index (κ3) is 3.79. The van der Waals surface area contributed by atoms with Crippen molar-refractivity contribution in [1.82, 2.24) is 4.57 Å². The van der Waals surface area contributed by atoms with Crippen molar-refractivity contribution < 1.29 is 31.1 Å². The summed E-state index contributed by atoms with van der Waals surface area (Å²) in [5.74, 6) is 0.383. The van der Waals surface area contributed by atoms with Gasteiger partial charge in [0, 0.05) is 30.2 Å². The normalized spacial score (nSPS) is 12.6. The lowest BCUT2D eigenvalue weighted by Gasteiger charge is -2.15. The smallest absolute Gasteiger partial charge is 0.416 e. The molecular formula is C18H13F6NO. The summed E-state index contributed by atoms with van der Waals surface area (Å²) in [6.07, 6.45) is -6.17. The van der Waals surface area contributed by atoms with Crippen LogP contribution in [0.2, 0.25) is 0 Å². The topological polar surface area (TPSA) is 14.2 Å². The molecule has 0 atom stereocenters. The largest absolute Gasteiger partial charge is 0.488 e. The van der Waals surface area contributed by atoms with Crippen LogP contribution in [0.5, 0.6) is 5.75 Å². The van der Waals surface area contributed by atoms with Crippen molar-refractivity contribution in [2.24, 2.45) is 7.05 Å². The van der Waals surface area contributed by atoms with E-state index >= 15 is 0 Å². The van der Waals surface area contributed by atoms with Crippen LogP contribution >= 0.6 is 0 Å². The molecule has 26 heavy (non-hydrogen) atoms. The van der Waals surface area contributed by atoms with Gasteiger partial charge in [-0.3, -0.25) is 0 Å². The van der Waals surface area contributed by atoms with Gasteiger partial charge in [-0.1, -0.05) is 12.1 Å². The molecular weight excluding hydrogens is 360 g/mol. The van der Waals surface area contributed by atoms with Crippen LogP contribution in [0.4, 0.5) is 26.3 Å². The van der Waals surface area contributed by atoms with E-state index in [2.05, 4.69) is 0 Å². The van der Waals surface area contributed by atoms with Crippen LogP contribution in [0.3, 0.4) is 0 Å². The second-order valence-corrected chi connectivity index (χ2v) is 5.89. The maximum absolute atomic E-state index is 12.9. The molecule has 0 fully saturated rings. The highest BCUT2D eigenvalue weighted by Gasteiger charge is 2.36. The lowest BCUT2D eigenvalue weighted by molar-refractivity contribution is -0.143. The molecule has 3 aromatic rings. The van der Waals surface area contributed by atoms with Gasteiger partial charge in [-0.25, -0.2) is 0 Å². The molecule has 0 spiro atoms. The molecule has 0 amide bonds. The summed E-state index contributed by atoms with van der Waals surface area (Å²) in [6.45, 7) is -0.416. The predicted molar refractivity (Wildman–Crippen MR) is 83.7 cm³/mol. The average Bonchev–Trinajstić information content (AvgIpc) is 2.91. The van der Waals surface area contributed by atoms with Crippen molar-refractivity contribution in [3.05, 3.63) is 65.5 Å². The van der Waals surface area contributed by atoms with Gasteiger partial charge in [-0.2, -0.15) is 26.3 Å². The summed E-state index contributed by atoms with van der Waals surface area (Å²) >= 11 is 0. The molecule has 2 nitrogen and oxygen atoms in total. The molecule has 3 rings (SSSR count). The molecule has 8 heteroatoms. The van der Waals surface area contributed by atoms with Crippen molar-refractivity contribution in [1.29, 1.82) is 0 Å². The summed E-state index contributed by atoms with van der Waals surface area (Å²) in [6, 6.07) is 6.57. The first-order valence-electron chi connectivity index (χ1n) is 7.50. The van der Waals surface area contributed by atoms with E-state index in [9.17, 15) is 26.3 Å². The van der Waals surface area contributed by atoms with Crippen LogP contribution in [-0.2, 0) is 26.0 Å². The molecule has 0 saturated heterocycles. The van der Waals surface area contributed by atoms with Gasteiger partial charge in [0.25, 0.3) is 0 Å². The molecule has 138 valence electrons. The third-order valence-corrected chi connectivity index (χ3v) is 3.82. The van der Waals surface area contributed by atoms with Crippen LogP contribution < -0.4 is 4.74 Å². The van der Waals surface area contributed by atoms with E-state index in [1.54, 1.807) is 29.9 Å². The molecule has 0 aliphatic heterocycles. The Labute approximate surface area is 144 Å². The van der Waals surface area contributed by atoms with Gasteiger partial charge in [0.1, 0.15) is 12.4 Å². The van der Waals surface area contributed by atoms with E-state index in [0.29, 0.717) is 17.9 Å². The average molecular weight is 373 g/mol. The number of halogens is 6. The molecule has 0 N–H and O–H groups in total. The van der Waals surface area contributed by atoms with Crippen LogP contribution in [-0.4, -0.2) is 4.57 Å². The minimum atomic E-state index is -4.88. The van der Waals surface area contributed by atoms with Gasteiger partial charge in [0.05, 0.1) is 11.1 Å². The van der Waals surface area contributed by atoms with E-state index < -0.39 is 30.1 Å². The number of alkyl halides is 6. The molecule has 0 bridgehead atoms. The second-order valence-electron chi connectivity index (χ2n) is 5.89. The van der Waals surface area contributed by atoms with E-state index in [1.165, 1.54) is 0 Å². The summed E-state index contributed by atoms with van der Waals surface area (Å²) in [7, 11) is 1.80. The zero-order valence-corrected chi connectivity index (χ0v) is 13.4. The number of hydrogen-bond acceptors (Lipinski definition) is 1. The van der Waals surface area contributed by atoms with Gasteiger partial charge in [-0.05, 0) is 29.8 Å². The fraction of sp³-hybridized carbons (Fsp3) is 0.222. The minimum absolute atomic E-state index is 0.0986. The predicted octanol–water partition coefficient (Wildman–Crippen LogP) is 5.79. The summed E-state index contributed by atoms with van der Waals surface area (Å²) in [5.41, 5.74) is -2.92. The zero-order valence-electron chi connectivity index (χ0n) is 13.4. The minimum Gasteiger partial charge on any atom is -0.488 e. The highest BCUT2D eigenvalue weighted by molar-refractivity contribution is 5.88. The van der Waals surface area contributed by atoms with Gasteiger partial charge in [-0.15, -0.1) is 0 Å². The first-order chi connectivity index (χ1) is 12.0. The van der Waals surface area contributed by atoms with Crippen molar-refractivity contribution in [3.63, 3.8) is 0 Å².